The third kappa shape index (κ3) is 4.71. The van der Waals surface area contributed by atoms with Crippen LogP contribution in [0.5, 0.6) is 0 Å². The lowest BCUT2D eigenvalue weighted by Crippen LogP contribution is -2.39. The molecule has 3 N–H and O–H groups in total. The molecule has 1 amide bonds. The Morgan fingerprint density at radius 1 is 0.688 bits per heavy atom. The van der Waals surface area contributed by atoms with Crippen molar-refractivity contribution in [3.8, 4) is 0 Å². The van der Waals surface area contributed by atoms with Crippen LogP contribution in [-0.4, -0.2) is 17.7 Å². The van der Waals surface area contributed by atoms with Gasteiger partial charge in [0.2, 0.25) is 5.91 Å². The predicted molar refractivity (Wildman–Crippen MR) is 135 cm³/mol. The fourth-order valence-corrected chi connectivity index (χ4v) is 5.48. The first kappa shape index (κ1) is 21.7. The summed E-state index contributed by atoms with van der Waals surface area (Å²) in [6.45, 7) is 0. The van der Waals surface area contributed by atoms with Crippen LogP contribution in [0.2, 0.25) is 0 Å². The second-order valence-electron chi connectivity index (χ2n) is 7.56. The van der Waals surface area contributed by atoms with Crippen molar-refractivity contribution >= 4 is 23.4 Å². The van der Waals surface area contributed by atoms with Gasteiger partial charge in [-0.05, 0) is 28.8 Å². The van der Waals surface area contributed by atoms with Crippen molar-refractivity contribution in [3.63, 3.8) is 0 Å². The molecule has 160 valence electrons. The molecule has 4 heteroatoms. The topological polar surface area (TPSA) is 55.1 Å². The Hall–Kier alpha value is -3.50. The highest BCUT2D eigenvalue weighted by molar-refractivity contribution is 8.00. The largest absolute Gasteiger partial charge is 0.373 e. The number of amides is 1. The van der Waals surface area contributed by atoms with Gasteiger partial charge in [-0.1, -0.05) is 109 Å². The molecule has 0 aliphatic heterocycles. The van der Waals surface area contributed by atoms with Gasteiger partial charge in [0.05, 0.1) is 4.75 Å². The number of carbonyl (C=O) groups is 1. The smallest absolute Gasteiger partial charge is 0.240 e. The Labute approximate surface area is 193 Å². The van der Waals surface area contributed by atoms with E-state index in [1.54, 1.807) is 11.8 Å². The van der Waals surface area contributed by atoms with E-state index in [-0.39, 0.29) is 5.91 Å². The number of anilines is 1. The van der Waals surface area contributed by atoms with Crippen molar-refractivity contribution < 1.29 is 4.79 Å². The van der Waals surface area contributed by atoms with Gasteiger partial charge in [0.15, 0.2) is 0 Å². The van der Waals surface area contributed by atoms with Crippen LogP contribution >= 0.6 is 11.8 Å². The number of nitrogens with one attached hydrogen (secondary N) is 1. The zero-order valence-corrected chi connectivity index (χ0v) is 18.5. The number of rotatable bonds is 9. The molecule has 0 bridgehead atoms. The first-order chi connectivity index (χ1) is 15.7. The summed E-state index contributed by atoms with van der Waals surface area (Å²) >= 11 is 1.72. The van der Waals surface area contributed by atoms with Crippen LogP contribution in [0.15, 0.2) is 121 Å². The summed E-state index contributed by atoms with van der Waals surface area (Å²) in [7, 11) is 0. The lowest BCUT2D eigenvalue weighted by molar-refractivity contribution is -0.118. The Morgan fingerprint density at radius 3 is 1.44 bits per heavy atom. The van der Waals surface area contributed by atoms with Crippen molar-refractivity contribution in [1.82, 2.24) is 0 Å². The van der Waals surface area contributed by atoms with Gasteiger partial charge in [0.1, 0.15) is 6.04 Å². The average Bonchev–Trinajstić information content (AvgIpc) is 2.86. The molecule has 0 saturated carbocycles. The number of nitrogens with two attached hydrogens (primary N) is 1. The highest BCUT2D eigenvalue weighted by Gasteiger charge is 2.38. The number of benzene rings is 4. The minimum atomic E-state index is -0.516. The van der Waals surface area contributed by atoms with E-state index < -0.39 is 10.8 Å². The second-order valence-corrected chi connectivity index (χ2v) is 8.79. The number of carbonyl (C=O) groups excluding carboxylic acids is 1. The summed E-state index contributed by atoms with van der Waals surface area (Å²) in [5.74, 6) is 0.132. The molecular weight excluding hydrogens is 412 g/mol. The van der Waals surface area contributed by atoms with Crippen molar-refractivity contribution in [2.45, 2.75) is 10.8 Å². The number of hydrogen-bond acceptors (Lipinski definition) is 3. The van der Waals surface area contributed by atoms with Crippen LogP contribution in [0.4, 0.5) is 5.69 Å². The quantitative estimate of drug-likeness (QED) is 0.331. The van der Waals surface area contributed by atoms with E-state index in [1.165, 1.54) is 0 Å². The zero-order chi connectivity index (χ0) is 22.2. The maximum absolute atomic E-state index is 12.4. The highest BCUT2D eigenvalue weighted by atomic mass is 32.2. The molecule has 0 radical (unpaired) electrons. The van der Waals surface area contributed by atoms with E-state index >= 15 is 0 Å². The predicted octanol–water partition coefficient (Wildman–Crippen LogP) is 5.68. The summed E-state index contributed by atoms with van der Waals surface area (Å²) in [4.78, 5) is 12.4. The summed E-state index contributed by atoms with van der Waals surface area (Å²) in [5.41, 5.74) is 10.2. The highest BCUT2D eigenvalue weighted by Crippen LogP contribution is 2.48. The fourth-order valence-electron chi connectivity index (χ4n) is 3.91. The maximum Gasteiger partial charge on any atom is 0.240 e. The van der Waals surface area contributed by atoms with Crippen LogP contribution in [-0.2, 0) is 9.54 Å². The van der Waals surface area contributed by atoms with E-state index in [0.717, 1.165) is 22.4 Å². The number of primary amides is 1. The summed E-state index contributed by atoms with van der Waals surface area (Å²) in [6, 6.07) is 40.5. The lowest BCUT2D eigenvalue weighted by Gasteiger charge is -2.36. The number of para-hydroxylation sites is 1. The van der Waals surface area contributed by atoms with Crippen molar-refractivity contribution in [2.24, 2.45) is 5.73 Å². The summed E-state index contributed by atoms with van der Waals surface area (Å²) in [6.07, 6.45) is 0. The molecule has 4 rings (SSSR count). The third-order valence-corrected chi connectivity index (χ3v) is 7.11. The van der Waals surface area contributed by atoms with E-state index in [4.69, 9.17) is 5.73 Å². The van der Waals surface area contributed by atoms with Gasteiger partial charge in [0.25, 0.3) is 0 Å². The average molecular weight is 439 g/mol. The van der Waals surface area contributed by atoms with E-state index in [9.17, 15) is 4.79 Å². The Kier molecular flexibility index (Phi) is 6.93. The van der Waals surface area contributed by atoms with Crippen molar-refractivity contribution in [1.29, 1.82) is 0 Å². The number of thioether (sulfide) groups is 1. The summed E-state index contributed by atoms with van der Waals surface area (Å²) < 4.78 is -0.490. The minimum absolute atomic E-state index is 0.371. The van der Waals surface area contributed by atoms with E-state index in [0.29, 0.717) is 5.75 Å². The van der Waals surface area contributed by atoms with Gasteiger partial charge < -0.3 is 11.1 Å². The molecule has 0 aliphatic carbocycles. The Bertz CT molecular complexity index is 1020. The molecular formula is C28H26N2OS. The molecule has 0 aromatic heterocycles. The van der Waals surface area contributed by atoms with E-state index in [2.05, 4.69) is 78.1 Å². The number of hydrogen-bond donors (Lipinski definition) is 2. The Morgan fingerprint density at radius 2 is 1.06 bits per heavy atom. The molecule has 1 unspecified atom stereocenters. The van der Waals surface area contributed by atoms with Gasteiger partial charge >= 0.3 is 0 Å². The first-order valence-corrected chi connectivity index (χ1v) is 11.6. The molecule has 4 aromatic rings. The van der Waals surface area contributed by atoms with Gasteiger partial charge in [-0.2, -0.15) is 0 Å². The van der Waals surface area contributed by atoms with Crippen molar-refractivity contribution in [3.05, 3.63) is 138 Å². The normalized spacial score (nSPS) is 12.1. The van der Waals surface area contributed by atoms with Crippen LogP contribution in [0.3, 0.4) is 0 Å². The SMILES string of the molecule is NC(=O)C(CSC(c1ccccc1)(c1ccccc1)c1ccccc1)Nc1ccccc1. The minimum Gasteiger partial charge on any atom is -0.373 e. The van der Waals surface area contributed by atoms with Crippen molar-refractivity contribution in [2.75, 3.05) is 11.1 Å². The monoisotopic (exact) mass is 438 g/mol. The van der Waals surface area contributed by atoms with Gasteiger partial charge in [-0.25, -0.2) is 0 Å². The van der Waals surface area contributed by atoms with Gasteiger partial charge in [0, 0.05) is 11.4 Å². The third-order valence-electron chi connectivity index (χ3n) is 5.47. The molecule has 1 atom stereocenters. The maximum atomic E-state index is 12.4. The summed E-state index contributed by atoms with van der Waals surface area (Å²) in [5, 5.41) is 3.31. The molecule has 0 aliphatic rings. The fraction of sp³-hybridized carbons (Fsp3) is 0.107. The zero-order valence-electron chi connectivity index (χ0n) is 17.7. The molecule has 3 nitrogen and oxygen atoms in total. The van der Waals surface area contributed by atoms with Gasteiger partial charge in [-0.15, -0.1) is 11.8 Å². The van der Waals surface area contributed by atoms with Crippen LogP contribution < -0.4 is 11.1 Å². The molecule has 0 heterocycles. The lowest BCUT2D eigenvalue weighted by atomic mass is 9.84. The molecule has 0 saturated heterocycles. The van der Waals surface area contributed by atoms with Crippen LogP contribution in [0.25, 0.3) is 0 Å². The molecule has 32 heavy (non-hydrogen) atoms. The van der Waals surface area contributed by atoms with Crippen LogP contribution in [0, 0.1) is 0 Å². The molecule has 0 fully saturated rings. The van der Waals surface area contributed by atoms with Crippen LogP contribution in [0.1, 0.15) is 16.7 Å². The molecule has 4 aromatic carbocycles. The molecule has 0 spiro atoms. The standard InChI is InChI=1S/C28H26N2OS/c29-27(31)26(30-25-19-11-4-12-20-25)21-32-28(22-13-5-1-6-14-22,23-15-7-2-8-16-23)24-17-9-3-10-18-24/h1-20,26,30H,21H2,(H2,29,31). The van der Waals surface area contributed by atoms with E-state index in [1.807, 2.05) is 48.5 Å². The first-order valence-electron chi connectivity index (χ1n) is 10.6. The Balaban J connectivity index is 1.78. The van der Waals surface area contributed by atoms with Gasteiger partial charge in [-0.3, -0.25) is 4.79 Å². The second kappa shape index (κ2) is 10.2.